The quantitative estimate of drug-likeness (QED) is 0.467. The van der Waals surface area contributed by atoms with E-state index in [0.29, 0.717) is 5.56 Å². The molecule has 20 heavy (non-hydrogen) atoms. The fraction of sp³-hybridized carbons (Fsp3) is 0.308. The average molecular weight is 280 g/mol. The smallest absolute Gasteiger partial charge is 0.338 e. The predicted molar refractivity (Wildman–Crippen MR) is 69.2 cm³/mol. The van der Waals surface area contributed by atoms with Crippen LogP contribution in [0.15, 0.2) is 30.3 Å². The molecule has 0 radical (unpaired) electrons. The van der Waals surface area contributed by atoms with Crippen LogP contribution in [-0.4, -0.2) is 28.5 Å². The molecule has 1 atom stereocenters. The number of carboxylic acid groups (broad SMARTS) is 1. The standard InChI is InChI=1S/C13H16N2O5/c14-10(16)6-7-13(15,11(17)18)12(19)20-8-9-4-2-1-3-5-9/h1-5H,6-8,15H2,(H2,14,16)(H,17,18)/t13-/m0/s1. The lowest BCUT2D eigenvalue weighted by molar-refractivity contribution is -0.162. The van der Waals surface area contributed by atoms with Gasteiger partial charge in [-0.15, -0.1) is 0 Å². The molecule has 108 valence electrons. The molecule has 5 N–H and O–H groups in total. The normalized spacial score (nSPS) is 13.2. The first-order chi connectivity index (χ1) is 9.36. The molecule has 0 aliphatic carbocycles. The van der Waals surface area contributed by atoms with Crippen LogP contribution >= 0.6 is 0 Å². The van der Waals surface area contributed by atoms with Gasteiger partial charge in [-0.2, -0.15) is 0 Å². The number of carboxylic acids is 1. The second kappa shape index (κ2) is 6.67. The highest BCUT2D eigenvalue weighted by Gasteiger charge is 2.44. The van der Waals surface area contributed by atoms with Gasteiger partial charge in [-0.05, 0) is 12.0 Å². The fourth-order valence-electron chi connectivity index (χ4n) is 1.47. The molecule has 0 saturated heterocycles. The number of nitrogens with two attached hydrogens (primary N) is 2. The van der Waals surface area contributed by atoms with Gasteiger partial charge < -0.3 is 21.3 Å². The lowest BCUT2D eigenvalue weighted by Crippen LogP contribution is -2.56. The number of aliphatic carboxylic acids is 1. The van der Waals surface area contributed by atoms with Crippen LogP contribution in [0.25, 0.3) is 0 Å². The maximum atomic E-state index is 11.8. The lowest BCUT2D eigenvalue weighted by Gasteiger charge is -2.22. The SMILES string of the molecule is NC(=O)CC[C@](N)(C(=O)O)C(=O)OCc1ccccc1. The predicted octanol–water partition coefficient (Wildman–Crippen LogP) is -0.223. The van der Waals surface area contributed by atoms with Crippen molar-refractivity contribution in [3.8, 4) is 0 Å². The zero-order valence-electron chi connectivity index (χ0n) is 10.7. The van der Waals surface area contributed by atoms with E-state index in [0.717, 1.165) is 0 Å². The molecular weight excluding hydrogens is 264 g/mol. The summed E-state index contributed by atoms with van der Waals surface area (Å²) in [5, 5.41) is 9.04. The third kappa shape index (κ3) is 4.06. The van der Waals surface area contributed by atoms with E-state index in [9.17, 15) is 14.4 Å². The molecule has 0 aliphatic rings. The molecule has 1 aromatic rings. The van der Waals surface area contributed by atoms with Crippen molar-refractivity contribution in [3.63, 3.8) is 0 Å². The summed E-state index contributed by atoms with van der Waals surface area (Å²) in [5.41, 5.74) is 8.86. The second-order valence-corrected chi connectivity index (χ2v) is 4.30. The third-order valence-corrected chi connectivity index (χ3v) is 2.72. The van der Waals surface area contributed by atoms with Gasteiger partial charge >= 0.3 is 11.9 Å². The van der Waals surface area contributed by atoms with Crippen LogP contribution in [0.5, 0.6) is 0 Å². The van der Waals surface area contributed by atoms with Crippen LogP contribution in [0.3, 0.4) is 0 Å². The minimum absolute atomic E-state index is 0.0948. The van der Waals surface area contributed by atoms with E-state index < -0.39 is 29.8 Å². The number of hydrogen-bond donors (Lipinski definition) is 3. The van der Waals surface area contributed by atoms with E-state index in [2.05, 4.69) is 0 Å². The van der Waals surface area contributed by atoms with E-state index in [1.165, 1.54) is 0 Å². The number of esters is 1. The summed E-state index contributed by atoms with van der Waals surface area (Å²) in [4.78, 5) is 33.6. The van der Waals surface area contributed by atoms with Crippen molar-refractivity contribution in [2.75, 3.05) is 0 Å². The van der Waals surface area contributed by atoms with Crippen LogP contribution in [0, 0.1) is 0 Å². The zero-order valence-corrected chi connectivity index (χ0v) is 10.7. The van der Waals surface area contributed by atoms with Crippen molar-refractivity contribution < 1.29 is 24.2 Å². The van der Waals surface area contributed by atoms with Crippen molar-refractivity contribution in [1.82, 2.24) is 0 Å². The molecule has 0 heterocycles. The molecule has 1 amide bonds. The lowest BCUT2D eigenvalue weighted by atomic mass is 9.94. The van der Waals surface area contributed by atoms with Crippen LogP contribution in [0.1, 0.15) is 18.4 Å². The first kappa shape index (κ1) is 15.6. The summed E-state index contributed by atoms with van der Waals surface area (Å²) in [6.45, 7) is -0.0948. The molecule has 1 aromatic carbocycles. The highest BCUT2D eigenvalue weighted by atomic mass is 16.5. The topological polar surface area (TPSA) is 133 Å². The Balaban J connectivity index is 2.69. The first-order valence-corrected chi connectivity index (χ1v) is 5.88. The molecule has 0 aromatic heterocycles. The molecule has 1 rings (SSSR count). The van der Waals surface area contributed by atoms with Gasteiger partial charge in [-0.25, -0.2) is 9.59 Å². The molecular formula is C13H16N2O5. The minimum Gasteiger partial charge on any atom is -0.479 e. The molecule has 7 heteroatoms. The third-order valence-electron chi connectivity index (χ3n) is 2.72. The van der Waals surface area contributed by atoms with Gasteiger partial charge in [0.1, 0.15) is 6.61 Å². The molecule has 0 saturated carbocycles. The van der Waals surface area contributed by atoms with E-state index in [1.807, 2.05) is 0 Å². The summed E-state index contributed by atoms with van der Waals surface area (Å²) >= 11 is 0. The average Bonchev–Trinajstić information content (AvgIpc) is 2.42. The van der Waals surface area contributed by atoms with E-state index >= 15 is 0 Å². The maximum absolute atomic E-state index is 11.8. The van der Waals surface area contributed by atoms with Crippen molar-refractivity contribution in [2.24, 2.45) is 11.5 Å². The Kier molecular flexibility index (Phi) is 5.22. The number of hydrogen-bond acceptors (Lipinski definition) is 5. The Morgan fingerprint density at radius 1 is 1.20 bits per heavy atom. The number of amides is 1. The molecule has 7 nitrogen and oxygen atoms in total. The van der Waals surface area contributed by atoms with E-state index in [4.69, 9.17) is 21.3 Å². The number of rotatable bonds is 7. The van der Waals surface area contributed by atoms with Crippen LogP contribution in [-0.2, 0) is 25.7 Å². The summed E-state index contributed by atoms with van der Waals surface area (Å²) in [5.74, 6) is -3.40. The second-order valence-electron chi connectivity index (χ2n) is 4.30. The van der Waals surface area contributed by atoms with Gasteiger partial charge in [0.05, 0.1) is 0 Å². The fourth-order valence-corrected chi connectivity index (χ4v) is 1.47. The van der Waals surface area contributed by atoms with Crippen molar-refractivity contribution in [2.45, 2.75) is 25.0 Å². The first-order valence-electron chi connectivity index (χ1n) is 5.88. The number of benzene rings is 1. The molecule has 0 spiro atoms. The Morgan fingerprint density at radius 3 is 2.30 bits per heavy atom. The van der Waals surface area contributed by atoms with Gasteiger partial charge in [-0.1, -0.05) is 30.3 Å². The summed E-state index contributed by atoms with van der Waals surface area (Å²) in [6, 6.07) is 8.74. The maximum Gasteiger partial charge on any atom is 0.338 e. The van der Waals surface area contributed by atoms with Crippen molar-refractivity contribution >= 4 is 17.8 Å². The molecule has 0 unspecified atom stereocenters. The van der Waals surface area contributed by atoms with Crippen LogP contribution in [0.4, 0.5) is 0 Å². The number of carbonyl (C=O) groups is 3. The summed E-state index contributed by atoms with van der Waals surface area (Å²) in [7, 11) is 0. The van der Waals surface area contributed by atoms with Gasteiger partial charge in [0.15, 0.2) is 0 Å². The van der Waals surface area contributed by atoms with Gasteiger partial charge in [0.25, 0.3) is 0 Å². The van der Waals surface area contributed by atoms with Crippen LogP contribution in [0.2, 0.25) is 0 Å². The zero-order chi connectivity index (χ0) is 15.2. The monoisotopic (exact) mass is 280 g/mol. The van der Waals surface area contributed by atoms with Crippen molar-refractivity contribution in [3.05, 3.63) is 35.9 Å². The number of primary amides is 1. The largest absolute Gasteiger partial charge is 0.479 e. The Hall–Kier alpha value is -2.41. The summed E-state index contributed by atoms with van der Waals surface area (Å²) < 4.78 is 4.89. The Morgan fingerprint density at radius 2 is 1.80 bits per heavy atom. The Labute approximate surface area is 115 Å². The number of carbonyl (C=O) groups excluding carboxylic acids is 2. The highest BCUT2D eigenvalue weighted by molar-refractivity contribution is 6.04. The number of ether oxygens (including phenoxy) is 1. The Bertz CT molecular complexity index is 503. The van der Waals surface area contributed by atoms with Gasteiger partial charge in [0, 0.05) is 6.42 Å². The van der Waals surface area contributed by atoms with Gasteiger partial charge in [-0.3, -0.25) is 4.79 Å². The molecule has 0 fully saturated rings. The van der Waals surface area contributed by atoms with Crippen molar-refractivity contribution in [1.29, 1.82) is 0 Å². The molecule has 0 aliphatic heterocycles. The van der Waals surface area contributed by atoms with Crippen LogP contribution < -0.4 is 11.5 Å². The minimum atomic E-state index is -2.27. The molecule has 0 bridgehead atoms. The van der Waals surface area contributed by atoms with E-state index in [-0.39, 0.29) is 13.0 Å². The van der Waals surface area contributed by atoms with E-state index in [1.54, 1.807) is 30.3 Å². The highest BCUT2D eigenvalue weighted by Crippen LogP contribution is 2.14. The van der Waals surface area contributed by atoms with Gasteiger partial charge in [0.2, 0.25) is 11.4 Å². The summed E-state index contributed by atoms with van der Waals surface area (Å²) in [6.07, 6.45) is -0.728.